The van der Waals surface area contributed by atoms with Gasteiger partial charge in [0.15, 0.2) is 0 Å². The van der Waals surface area contributed by atoms with Gasteiger partial charge in [-0.1, -0.05) is 6.07 Å². The monoisotopic (exact) mass is 301 g/mol. The third-order valence-electron chi connectivity index (χ3n) is 4.03. The first-order valence-electron chi connectivity index (χ1n) is 7.50. The molecular formula is C16H19N3O3. The first kappa shape index (κ1) is 14.6. The van der Waals surface area contributed by atoms with Crippen molar-refractivity contribution in [3.8, 4) is 0 Å². The van der Waals surface area contributed by atoms with Crippen LogP contribution in [0.5, 0.6) is 0 Å². The van der Waals surface area contributed by atoms with Gasteiger partial charge in [0.05, 0.1) is 0 Å². The zero-order chi connectivity index (χ0) is 15.9. The zero-order valence-corrected chi connectivity index (χ0v) is 12.7. The van der Waals surface area contributed by atoms with Crippen molar-refractivity contribution in [1.82, 2.24) is 10.2 Å². The summed E-state index contributed by atoms with van der Waals surface area (Å²) in [7, 11) is 0. The SMILES string of the molecule is CC(C)Nc1cccc2c1CN([C@H]1CCC(=O)NC1=O)C2=O. The lowest BCUT2D eigenvalue weighted by Gasteiger charge is -2.29. The third kappa shape index (κ3) is 2.45. The van der Waals surface area contributed by atoms with Gasteiger partial charge >= 0.3 is 0 Å². The third-order valence-corrected chi connectivity index (χ3v) is 4.03. The molecule has 0 saturated carbocycles. The molecule has 2 heterocycles. The summed E-state index contributed by atoms with van der Waals surface area (Å²) in [5.74, 6) is -0.791. The Labute approximate surface area is 128 Å². The van der Waals surface area contributed by atoms with Gasteiger partial charge in [0, 0.05) is 35.8 Å². The maximum Gasteiger partial charge on any atom is 0.255 e. The number of imide groups is 1. The van der Waals surface area contributed by atoms with Crippen molar-refractivity contribution in [2.24, 2.45) is 0 Å². The van der Waals surface area contributed by atoms with E-state index in [9.17, 15) is 14.4 Å². The average molecular weight is 301 g/mol. The number of carbonyl (C=O) groups is 3. The van der Waals surface area contributed by atoms with E-state index in [-0.39, 0.29) is 30.2 Å². The maximum atomic E-state index is 12.6. The van der Waals surface area contributed by atoms with E-state index >= 15 is 0 Å². The van der Waals surface area contributed by atoms with E-state index < -0.39 is 6.04 Å². The summed E-state index contributed by atoms with van der Waals surface area (Å²) in [6.45, 7) is 4.47. The number of hydrogen-bond acceptors (Lipinski definition) is 4. The van der Waals surface area contributed by atoms with Crippen LogP contribution in [-0.4, -0.2) is 34.7 Å². The highest BCUT2D eigenvalue weighted by atomic mass is 16.2. The fraction of sp³-hybridized carbons (Fsp3) is 0.438. The Hall–Kier alpha value is -2.37. The Balaban J connectivity index is 1.88. The highest BCUT2D eigenvalue weighted by Crippen LogP contribution is 2.32. The van der Waals surface area contributed by atoms with Crippen LogP contribution in [0.25, 0.3) is 0 Å². The smallest absolute Gasteiger partial charge is 0.255 e. The van der Waals surface area contributed by atoms with E-state index in [2.05, 4.69) is 10.6 Å². The first-order valence-corrected chi connectivity index (χ1v) is 7.50. The largest absolute Gasteiger partial charge is 0.383 e. The van der Waals surface area contributed by atoms with Gasteiger partial charge in [-0.05, 0) is 32.4 Å². The second-order valence-electron chi connectivity index (χ2n) is 6.03. The fourth-order valence-electron chi connectivity index (χ4n) is 3.03. The highest BCUT2D eigenvalue weighted by molar-refractivity contribution is 6.06. The topological polar surface area (TPSA) is 78.5 Å². The molecule has 3 amide bonds. The van der Waals surface area contributed by atoms with E-state index in [0.717, 1.165) is 11.3 Å². The minimum atomic E-state index is -0.565. The number of rotatable bonds is 3. The molecule has 1 saturated heterocycles. The highest BCUT2D eigenvalue weighted by Gasteiger charge is 2.39. The first-order chi connectivity index (χ1) is 10.5. The van der Waals surface area contributed by atoms with Crippen molar-refractivity contribution in [2.45, 2.75) is 45.3 Å². The van der Waals surface area contributed by atoms with Gasteiger partial charge in [0.2, 0.25) is 11.8 Å². The number of nitrogens with zero attached hydrogens (tertiary/aromatic N) is 1. The van der Waals surface area contributed by atoms with E-state index in [4.69, 9.17) is 0 Å². The normalized spacial score (nSPS) is 21.1. The summed E-state index contributed by atoms with van der Waals surface area (Å²) in [5.41, 5.74) is 2.48. The predicted molar refractivity (Wildman–Crippen MR) is 81.2 cm³/mol. The molecule has 0 bridgehead atoms. The minimum Gasteiger partial charge on any atom is -0.383 e. The molecule has 2 aliphatic rings. The average Bonchev–Trinajstić information content (AvgIpc) is 2.77. The van der Waals surface area contributed by atoms with Crippen LogP contribution in [-0.2, 0) is 16.1 Å². The molecule has 22 heavy (non-hydrogen) atoms. The van der Waals surface area contributed by atoms with Gasteiger partial charge in [-0.25, -0.2) is 0 Å². The molecule has 0 radical (unpaired) electrons. The van der Waals surface area contributed by atoms with E-state index in [1.54, 1.807) is 11.0 Å². The van der Waals surface area contributed by atoms with Crippen molar-refractivity contribution in [3.05, 3.63) is 29.3 Å². The number of amides is 3. The van der Waals surface area contributed by atoms with Crippen LogP contribution in [0.4, 0.5) is 5.69 Å². The molecule has 1 atom stereocenters. The summed E-state index contributed by atoms with van der Waals surface area (Å²) in [6, 6.07) is 5.26. The number of benzene rings is 1. The standard InChI is InChI=1S/C16H19N3O3/c1-9(2)17-12-5-3-4-10-11(12)8-19(16(10)22)13-6-7-14(20)18-15(13)21/h3-5,9,13,17H,6-8H2,1-2H3,(H,18,20,21)/t13-/m0/s1. The van der Waals surface area contributed by atoms with Crippen molar-refractivity contribution in [2.75, 3.05) is 5.32 Å². The van der Waals surface area contributed by atoms with Gasteiger partial charge in [0.25, 0.3) is 5.91 Å². The van der Waals surface area contributed by atoms with E-state index in [1.807, 2.05) is 26.0 Å². The van der Waals surface area contributed by atoms with Gasteiger partial charge in [-0.3, -0.25) is 19.7 Å². The van der Waals surface area contributed by atoms with Crippen LogP contribution < -0.4 is 10.6 Å². The Kier molecular flexibility index (Phi) is 3.60. The molecule has 0 unspecified atom stereocenters. The molecule has 2 N–H and O–H groups in total. The molecule has 116 valence electrons. The Morgan fingerprint density at radius 1 is 1.27 bits per heavy atom. The molecule has 6 nitrogen and oxygen atoms in total. The summed E-state index contributed by atoms with van der Waals surface area (Å²) in [4.78, 5) is 37.4. The van der Waals surface area contributed by atoms with E-state index in [1.165, 1.54) is 0 Å². The Morgan fingerprint density at radius 3 is 2.73 bits per heavy atom. The summed E-state index contributed by atoms with van der Waals surface area (Å²) >= 11 is 0. The van der Waals surface area contributed by atoms with Crippen LogP contribution in [0.1, 0.15) is 42.6 Å². The van der Waals surface area contributed by atoms with Gasteiger partial charge in [-0.2, -0.15) is 0 Å². The minimum absolute atomic E-state index is 0.142. The van der Waals surface area contributed by atoms with Crippen LogP contribution >= 0.6 is 0 Å². The molecule has 2 aliphatic heterocycles. The predicted octanol–water partition coefficient (Wildman–Crippen LogP) is 1.27. The number of piperidine rings is 1. The lowest BCUT2D eigenvalue weighted by Crippen LogP contribution is -2.52. The van der Waals surface area contributed by atoms with E-state index in [0.29, 0.717) is 18.5 Å². The molecule has 3 rings (SSSR count). The van der Waals surface area contributed by atoms with Gasteiger partial charge < -0.3 is 10.2 Å². The Morgan fingerprint density at radius 2 is 2.05 bits per heavy atom. The molecule has 6 heteroatoms. The summed E-state index contributed by atoms with van der Waals surface area (Å²) in [5, 5.41) is 5.65. The van der Waals surface area contributed by atoms with Gasteiger partial charge in [-0.15, -0.1) is 0 Å². The molecule has 0 spiro atoms. The van der Waals surface area contributed by atoms with Crippen LogP contribution in [0, 0.1) is 0 Å². The molecule has 1 fully saturated rings. The number of anilines is 1. The molecule has 0 aromatic heterocycles. The number of hydrogen-bond donors (Lipinski definition) is 2. The van der Waals surface area contributed by atoms with Gasteiger partial charge in [0.1, 0.15) is 6.04 Å². The lowest BCUT2D eigenvalue weighted by molar-refractivity contribution is -0.136. The van der Waals surface area contributed by atoms with Crippen LogP contribution in [0.15, 0.2) is 18.2 Å². The van der Waals surface area contributed by atoms with Crippen molar-refractivity contribution >= 4 is 23.4 Å². The molecule has 1 aromatic rings. The van der Waals surface area contributed by atoms with Crippen LogP contribution in [0.2, 0.25) is 0 Å². The number of carbonyl (C=O) groups excluding carboxylic acids is 3. The second kappa shape index (κ2) is 5.44. The quantitative estimate of drug-likeness (QED) is 0.824. The zero-order valence-electron chi connectivity index (χ0n) is 12.7. The van der Waals surface area contributed by atoms with Crippen molar-refractivity contribution in [3.63, 3.8) is 0 Å². The Bertz CT molecular complexity index is 654. The number of fused-ring (bicyclic) bond motifs is 1. The van der Waals surface area contributed by atoms with Crippen molar-refractivity contribution < 1.29 is 14.4 Å². The molecular weight excluding hydrogens is 282 g/mol. The molecule has 0 aliphatic carbocycles. The fourth-order valence-corrected chi connectivity index (χ4v) is 3.03. The number of nitrogens with one attached hydrogen (secondary N) is 2. The van der Waals surface area contributed by atoms with Crippen molar-refractivity contribution in [1.29, 1.82) is 0 Å². The lowest BCUT2D eigenvalue weighted by atomic mass is 10.0. The second-order valence-corrected chi connectivity index (χ2v) is 6.03. The summed E-state index contributed by atoms with van der Waals surface area (Å²) in [6.07, 6.45) is 0.658. The summed E-state index contributed by atoms with van der Waals surface area (Å²) < 4.78 is 0. The molecule has 1 aromatic carbocycles. The van der Waals surface area contributed by atoms with Crippen LogP contribution in [0.3, 0.4) is 0 Å². The maximum absolute atomic E-state index is 12.6.